The minimum Gasteiger partial charge on any atom is -0.478 e. The summed E-state index contributed by atoms with van der Waals surface area (Å²) in [7, 11) is 0. The molecule has 108 valence electrons. The Balaban J connectivity index is 2.10. The Morgan fingerprint density at radius 1 is 1.24 bits per heavy atom. The summed E-state index contributed by atoms with van der Waals surface area (Å²) in [5.74, 6) is -3.89. The number of nitrogens with one attached hydrogen (secondary N) is 1. The molecule has 0 aliphatic rings. The number of halogens is 2. The van der Waals surface area contributed by atoms with Crippen LogP contribution in [0.4, 0.5) is 14.6 Å². The van der Waals surface area contributed by atoms with Gasteiger partial charge in [0.25, 0.3) is 0 Å². The Hall–Kier alpha value is -2.83. The highest BCUT2D eigenvalue weighted by atomic mass is 19.2. The molecule has 2 rings (SSSR count). The van der Waals surface area contributed by atoms with Crippen molar-refractivity contribution in [2.24, 2.45) is 0 Å². The summed E-state index contributed by atoms with van der Waals surface area (Å²) in [6.45, 7) is 0. The molecule has 2 N–H and O–H groups in total. The molecule has 0 fully saturated rings. The van der Waals surface area contributed by atoms with Crippen LogP contribution in [0.15, 0.2) is 36.5 Å². The molecule has 1 aromatic heterocycles. The van der Waals surface area contributed by atoms with Crippen molar-refractivity contribution in [3.8, 4) is 0 Å². The van der Waals surface area contributed by atoms with Crippen LogP contribution in [0.5, 0.6) is 0 Å². The number of pyridine rings is 1. The first kappa shape index (κ1) is 14.6. The van der Waals surface area contributed by atoms with E-state index < -0.39 is 23.5 Å². The molecule has 0 aliphatic carbocycles. The summed E-state index contributed by atoms with van der Waals surface area (Å²) in [6, 6.07) is 5.98. The summed E-state index contributed by atoms with van der Waals surface area (Å²) in [4.78, 5) is 26.3. The second-order valence-corrected chi connectivity index (χ2v) is 4.17. The zero-order valence-corrected chi connectivity index (χ0v) is 10.6. The van der Waals surface area contributed by atoms with Gasteiger partial charge in [-0.05, 0) is 18.2 Å². The number of carboxylic acids is 1. The van der Waals surface area contributed by atoms with Crippen LogP contribution in [0.1, 0.15) is 15.9 Å². The Labute approximate surface area is 118 Å². The van der Waals surface area contributed by atoms with Crippen LogP contribution in [0.2, 0.25) is 0 Å². The fourth-order valence-electron chi connectivity index (χ4n) is 1.68. The number of carbonyl (C=O) groups is 2. The summed E-state index contributed by atoms with van der Waals surface area (Å²) in [5, 5.41) is 11.1. The van der Waals surface area contributed by atoms with Gasteiger partial charge in [-0.2, -0.15) is 0 Å². The molecule has 1 heterocycles. The van der Waals surface area contributed by atoms with Gasteiger partial charge in [0, 0.05) is 11.8 Å². The van der Waals surface area contributed by atoms with Crippen LogP contribution in [0.25, 0.3) is 0 Å². The molecule has 1 amide bonds. The zero-order valence-electron chi connectivity index (χ0n) is 10.6. The second kappa shape index (κ2) is 6.08. The van der Waals surface area contributed by atoms with E-state index >= 15 is 0 Å². The van der Waals surface area contributed by atoms with Crippen molar-refractivity contribution < 1.29 is 23.5 Å². The van der Waals surface area contributed by atoms with E-state index in [2.05, 4.69) is 10.3 Å². The summed E-state index contributed by atoms with van der Waals surface area (Å²) in [5.41, 5.74) is -0.140. The fourth-order valence-corrected chi connectivity index (χ4v) is 1.68. The molecule has 21 heavy (non-hydrogen) atoms. The summed E-state index contributed by atoms with van der Waals surface area (Å²) in [6.07, 6.45) is 0.838. The quantitative estimate of drug-likeness (QED) is 0.905. The van der Waals surface area contributed by atoms with Crippen LogP contribution < -0.4 is 5.32 Å². The zero-order chi connectivity index (χ0) is 15.4. The van der Waals surface area contributed by atoms with Crippen LogP contribution >= 0.6 is 0 Å². The molecule has 7 heteroatoms. The largest absolute Gasteiger partial charge is 0.478 e. The first-order valence-electron chi connectivity index (χ1n) is 5.89. The Bertz CT molecular complexity index is 704. The van der Waals surface area contributed by atoms with Crippen molar-refractivity contribution in [3.05, 3.63) is 59.3 Å². The number of hydrogen-bond acceptors (Lipinski definition) is 3. The molecule has 0 spiro atoms. The topological polar surface area (TPSA) is 79.3 Å². The summed E-state index contributed by atoms with van der Waals surface area (Å²) < 4.78 is 26.4. The molecular formula is C14H10F2N2O3. The van der Waals surface area contributed by atoms with Gasteiger partial charge in [0.15, 0.2) is 11.6 Å². The molecular weight excluding hydrogens is 282 g/mol. The minimum atomic E-state index is -1.16. The molecule has 0 aliphatic heterocycles. The number of aromatic nitrogens is 1. The minimum absolute atomic E-state index is 0.0247. The Morgan fingerprint density at radius 3 is 2.71 bits per heavy atom. The van der Waals surface area contributed by atoms with E-state index in [0.29, 0.717) is 0 Å². The standard InChI is InChI=1S/C14H10F2N2O3/c15-10-3-1-2-8(13(10)16)7-12(19)18-11-6-9(14(20)21)4-5-17-11/h1-6H,7H2,(H,20,21)(H,17,18,19). The SMILES string of the molecule is O=C(Cc1cccc(F)c1F)Nc1cc(C(=O)O)ccn1. The lowest BCUT2D eigenvalue weighted by atomic mass is 10.1. The van der Waals surface area contributed by atoms with Crippen molar-refractivity contribution in [3.63, 3.8) is 0 Å². The molecule has 0 bridgehead atoms. The third-order valence-electron chi connectivity index (χ3n) is 2.66. The monoisotopic (exact) mass is 292 g/mol. The maximum absolute atomic E-state index is 13.4. The van der Waals surface area contributed by atoms with E-state index in [0.717, 1.165) is 6.07 Å². The van der Waals surface area contributed by atoms with E-state index in [9.17, 15) is 18.4 Å². The number of hydrogen-bond donors (Lipinski definition) is 2. The van der Waals surface area contributed by atoms with Gasteiger partial charge in [0.1, 0.15) is 5.82 Å². The van der Waals surface area contributed by atoms with Crippen molar-refractivity contribution in [2.45, 2.75) is 6.42 Å². The number of aromatic carboxylic acids is 1. The number of carboxylic acid groups (broad SMARTS) is 1. The fraction of sp³-hybridized carbons (Fsp3) is 0.0714. The van der Waals surface area contributed by atoms with Gasteiger partial charge in [-0.15, -0.1) is 0 Å². The average molecular weight is 292 g/mol. The summed E-state index contributed by atoms with van der Waals surface area (Å²) >= 11 is 0. The van der Waals surface area contributed by atoms with Gasteiger partial charge in [-0.25, -0.2) is 18.6 Å². The maximum atomic E-state index is 13.4. The van der Waals surface area contributed by atoms with Gasteiger partial charge < -0.3 is 10.4 Å². The third-order valence-corrected chi connectivity index (χ3v) is 2.66. The highest BCUT2D eigenvalue weighted by molar-refractivity contribution is 5.93. The lowest BCUT2D eigenvalue weighted by Crippen LogP contribution is -2.16. The van der Waals surface area contributed by atoms with Gasteiger partial charge in [-0.1, -0.05) is 12.1 Å². The number of nitrogens with zero attached hydrogens (tertiary/aromatic N) is 1. The van der Waals surface area contributed by atoms with Gasteiger partial charge in [0.2, 0.25) is 5.91 Å². The number of carbonyl (C=O) groups excluding carboxylic acids is 1. The predicted octanol–water partition coefficient (Wildman–Crippen LogP) is 2.24. The lowest BCUT2D eigenvalue weighted by Gasteiger charge is -2.06. The van der Waals surface area contributed by atoms with Gasteiger partial charge in [-0.3, -0.25) is 4.79 Å². The highest BCUT2D eigenvalue weighted by Gasteiger charge is 2.13. The Kier molecular flexibility index (Phi) is 4.22. The number of anilines is 1. The first-order chi connectivity index (χ1) is 9.97. The van der Waals surface area contributed by atoms with E-state index in [-0.39, 0.29) is 23.4 Å². The third kappa shape index (κ3) is 3.59. The number of benzene rings is 1. The van der Waals surface area contributed by atoms with Crippen molar-refractivity contribution >= 4 is 17.7 Å². The van der Waals surface area contributed by atoms with Crippen LogP contribution in [-0.4, -0.2) is 22.0 Å². The lowest BCUT2D eigenvalue weighted by molar-refractivity contribution is -0.115. The van der Waals surface area contributed by atoms with Crippen LogP contribution in [-0.2, 0) is 11.2 Å². The molecule has 0 atom stereocenters. The van der Waals surface area contributed by atoms with Crippen LogP contribution in [0, 0.1) is 11.6 Å². The second-order valence-electron chi connectivity index (χ2n) is 4.17. The molecule has 2 aromatic rings. The maximum Gasteiger partial charge on any atom is 0.335 e. The van der Waals surface area contributed by atoms with Gasteiger partial charge in [0.05, 0.1) is 12.0 Å². The highest BCUT2D eigenvalue weighted by Crippen LogP contribution is 2.13. The van der Waals surface area contributed by atoms with Crippen LogP contribution in [0.3, 0.4) is 0 Å². The molecule has 0 unspecified atom stereocenters. The van der Waals surface area contributed by atoms with E-state index in [4.69, 9.17) is 5.11 Å². The molecule has 0 radical (unpaired) electrons. The van der Waals surface area contributed by atoms with E-state index in [1.807, 2.05) is 0 Å². The predicted molar refractivity (Wildman–Crippen MR) is 69.9 cm³/mol. The van der Waals surface area contributed by atoms with E-state index in [1.54, 1.807) is 0 Å². The van der Waals surface area contributed by atoms with Crippen molar-refractivity contribution in [1.82, 2.24) is 4.98 Å². The van der Waals surface area contributed by atoms with E-state index in [1.165, 1.54) is 30.5 Å². The molecule has 1 aromatic carbocycles. The normalized spacial score (nSPS) is 10.2. The smallest absolute Gasteiger partial charge is 0.335 e. The molecule has 0 saturated heterocycles. The number of rotatable bonds is 4. The molecule has 5 nitrogen and oxygen atoms in total. The Morgan fingerprint density at radius 2 is 2.00 bits per heavy atom. The molecule has 0 saturated carbocycles. The first-order valence-corrected chi connectivity index (χ1v) is 5.89. The van der Waals surface area contributed by atoms with Crippen molar-refractivity contribution in [2.75, 3.05) is 5.32 Å². The van der Waals surface area contributed by atoms with Gasteiger partial charge >= 0.3 is 5.97 Å². The average Bonchev–Trinajstić information content (AvgIpc) is 2.44. The van der Waals surface area contributed by atoms with Crippen molar-refractivity contribution in [1.29, 1.82) is 0 Å². The number of amides is 1.